The fourth-order valence-corrected chi connectivity index (χ4v) is 2.16. The van der Waals surface area contributed by atoms with Crippen LogP contribution < -0.4 is 10.2 Å². The van der Waals surface area contributed by atoms with Crippen molar-refractivity contribution in [1.82, 2.24) is 5.32 Å². The SMILES string of the molecule is CC(C)c1ccc(C(F)(F)F)c(N2CCC(=O)NC2=O)c1. The first kappa shape index (κ1) is 15.3. The zero-order valence-electron chi connectivity index (χ0n) is 11.6. The Bertz CT molecular complexity index is 582. The average Bonchev–Trinajstić information content (AvgIpc) is 2.36. The lowest BCUT2D eigenvalue weighted by molar-refractivity contribution is -0.137. The molecule has 0 aliphatic carbocycles. The summed E-state index contributed by atoms with van der Waals surface area (Å²) in [6, 6.07) is 2.93. The lowest BCUT2D eigenvalue weighted by Gasteiger charge is -2.29. The molecule has 1 fully saturated rings. The van der Waals surface area contributed by atoms with E-state index in [1.807, 2.05) is 19.2 Å². The Kier molecular flexibility index (Phi) is 3.93. The molecule has 21 heavy (non-hydrogen) atoms. The van der Waals surface area contributed by atoms with Crippen LogP contribution in [-0.2, 0) is 11.0 Å². The van der Waals surface area contributed by atoms with Gasteiger partial charge in [0.05, 0.1) is 11.3 Å². The minimum absolute atomic E-state index is 0.0189. The Balaban J connectivity index is 2.50. The maximum atomic E-state index is 13.1. The predicted molar refractivity (Wildman–Crippen MR) is 71.0 cm³/mol. The molecule has 0 radical (unpaired) electrons. The van der Waals surface area contributed by atoms with E-state index in [0.717, 1.165) is 11.0 Å². The summed E-state index contributed by atoms with van der Waals surface area (Å²) in [4.78, 5) is 23.9. The van der Waals surface area contributed by atoms with Gasteiger partial charge in [-0.05, 0) is 23.6 Å². The Morgan fingerprint density at radius 1 is 1.24 bits per heavy atom. The van der Waals surface area contributed by atoms with E-state index in [2.05, 4.69) is 0 Å². The van der Waals surface area contributed by atoms with Gasteiger partial charge in [-0.2, -0.15) is 13.2 Å². The molecule has 1 saturated heterocycles. The Morgan fingerprint density at radius 2 is 1.90 bits per heavy atom. The van der Waals surface area contributed by atoms with E-state index in [0.29, 0.717) is 5.56 Å². The second-order valence-corrected chi connectivity index (χ2v) is 5.18. The second-order valence-electron chi connectivity index (χ2n) is 5.18. The van der Waals surface area contributed by atoms with Crippen molar-refractivity contribution in [1.29, 1.82) is 0 Å². The highest BCUT2D eigenvalue weighted by atomic mass is 19.4. The highest BCUT2D eigenvalue weighted by Gasteiger charge is 2.37. The van der Waals surface area contributed by atoms with Gasteiger partial charge in [-0.3, -0.25) is 15.0 Å². The van der Waals surface area contributed by atoms with E-state index >= 15 is 0 Å². The maximum absolute atomic E-state index is 13.1. The van der Waals surface area contributed by atoms with E-state index in [-0.39, 0.29) is 24.6 Å². The van der Waals surface area contributed by atoms with Crippen LogP contribution in [0.1, 0.15) is 37.3 Å². The summed E-state index contributed by atoms with van der Waals surface area (Å²) in [5, 5.41) is 2.04. The number of alkyl halides is 3. The molecule has 0 bridgehead atoms. The maximum Gasteiger partial charge on any atom is 0.418 e. The summed E-state index contributed by atoms with van der Waals surface area (Å²) in [7, 11) is 0. The Morgan fingerprint density at radius 3 is 2.43 bits per heavy atom. The van der Waals surface area contributed by atoms with Crippen molar-refractivity contribution in [3.8, 4) is 0 Å². The molecule has 7 heteroatoms. The van der Waals surface area contributed by atoms with Crippen LogP contribution in [0.5, 0.6) is 0 Å². The fourth-order valence-electron chi connectivity index (χ4n) is 2.16. The standard InChI is InChI=1S/C14H15F3N2O2/c1-8(2)9-3-4-10(14(15,16)17)11(7-9)19-6-5-12(20)18-13(19)21/h3-4,7-8H,5-6H2,1-2H3,(H,18,20,21). The lowest BCUT2D eigenvalue weighted by atomic mass is 9.99. The van der Waals surface area contributed by atoms with Gasteiger partial charge in [0.25, 0.3) is 0 Å². The largest absolute Gasteiger partial charge is 0.418 e. The van der Waals surface area contributed by atoms with E-state index in [1.54, 1.807) is 0 Å². The van der Waals surface area contributed by atoms with Crippen LogP contribution in [0, 0.1) is 0 Å². The van der Waals surface area contributed by atoms with Crippen LogP contribution in [0.4, 0.5) is 23.7 Å². The van der Waals surface area contributed by atoms with Gasteiger partial charge in [-0.1, -0.05) is 19.9 Å². The molecule has 1 N–H and O–H groups in total. The highest BCUT2D eigenvalue weighted by molar-refractivity contribution is 6.06. The van der Waals surface area contributed by atoms with Crippen LogP contribution in [0.25, 0.3) is 0 Å². The molecule has 1 aliphatic rings. The van der Waals surface area contributed by atoms with Crippen molar-refractivity contribution < 1.29 is 22.8 Å². The minimum atomic E-state index is -4.56. The van der Waals surface area contributed by atoms with Gasteiger partial charge < -0.3 is 0 Å². The number of anilines is 1. The minimum Gasteiger partial charge on any atom is -0.293 e. The number of urea groups is 1. The Hall–Kier alpha value is -2.05. The molecule has 0 aromatic heterocycles. The number of carbonyl (C=O) groups is 2. The van der Waals surface area contributed by atoms with E-state index < -0.39 is 23.7 Å². The fraction of sp³-hybridized carbons (Fsp3) is 0.429. The zero-order valence-corrected chi connectivity index (χ0v) is 11.6. The number of halogens is 3. The number of carbonyl (C=O) groups excluding carboxylic acids is 2. The first-order valence-electron chi connectivity index (χ1n) is 6.52. The molecule has 4 nitrogen and oxygen atoms in total. The molecule has 0 atom stereocenters. The van der Waals surface area contributed by atoms with Crippen LogP contribution in [-0.4, -0.2) is 18.5 Å². The van der Waals surface area contributed by atoms with Crippen molar-refractivity contribution in [3.63, 3.8) is 0 Å². The van der Waals surface area contributed by atoms with Crippen LogP contribution in [0.2, 0.25) is 0 Å². The third-order valence-corrected chi connectivity index (χ3v) is 3.34. The number of imide groups is 1. The van der Waals surface area contributed by atoms with Crippen molar-refractivity contribution in [2.75, 3.05) is 11.4 Å². The number of nitrogens with zero attached hydrogens (tertiary/aromatic N) is 1. The van der Waals surface area contributed by atoms with Crippen molar-refractivity contribution >= 4 is 17.6 Å². The molecule has 3 amide bonds. The van der Waals surface area contributed by atoms with Gasteiger partial charge in [0, 0.05) is 13.0 Å². The number of hydrogen-bond donors (Lipinski definition) is 1. The second kappa shape index (κ2) is 5.38. The summed E-state index contributed by atoms with van der Waals surface area (Å²) in [5.41, 5.74) is -0.391. The zero-order chi connectivity index (χ0) is 15.8. The molecule has 2 rings (SSSR count). The predicted octanol–water partition coefficient (Wildman–Crippen LogP) is 3.28. The van der Waals surface area contributed by atoms with E-state index in [1.165, 1.54) is 12.1 Å². The first-order chi connectivity index (χ1) is 9.70. The normalized spacial score (nSPS) is 16.4. The van der Waals surface area contributed by atoms with Crippen molar-refractivity contribution in [2.45, 2.75) is 32.4 Å². The van der Waals surface area contributed by atoms with Crippen molar-refractivity contribution in [2.24, 2.45) is 0 Å². The summed E-state index contributed by atoms with van der Waals surface area (Å²) in [5.74, 6) is -0.453. The number of rotatable bonds is 2. The molecule has 1 aliphatic heterocycles. The number of nitrogens with one attached hydrogen (secondary N) is 1. The number of hydrogen-bond acceptors (Lipinski definition) is 2. The first-order valence-corrected chi connectivity index (χ1v) is 6.52. The molecule has 0 saturated carbocycles. The highest BCUT2D eigenvalue weighted by Crippen LogP contribution is 2.38. The van der Waals surface area contributed by atoms with E-state index in [4.69, 9.17) is 0 Å². The monoisotopic (exact) mass is 300 g/mol. The summed E-state index contributed by atoms with van der Waals surface area (Å²) in [6.07, 6.45) is -4.58. The average molecular weight is 300 g/mol. The molecule has 114 valence electrons. The molecular weight excluding hydrogens is 285 g/mol. The van der Waals surface area contributed by atoms with Gasteiger partial charge >= 0.3 is 12.2 Å². The van der Waals surface area contributed by atoms with Crippen LogP contribution in [0.3, 0.4) is 0 Å². The molecule has 1 aromatic carbocycles. The molecule has 1 heterocycles. The van der Waals surface area contributed by atoms with E-state index in [9.17, 15) is 22.8 Å². The summed E-state index contributed by atoms with van der Waals surface area (Å²) >= 11 is 0. The van der Waals surface area contributed by atoms with Crippen LogP contribution >= 0.6 is 0 Å². The summed E-state index contributed by atoms with van der Waals surface area (Å²) < 4.78 is 39.3. The van der Waals surface area contributed by atoms with Crippen LogP contribution in [0.15, 0.2) is 18.2 Å². The quantitative estimate of drug-likeness (QED) is 0.911. The van der Waals surface area contributed by atoms with Gasteiger partial charge in [0.1, 0.15) is 0 Å². The van der Waals surface area contributed by atoms with Crippen molar-refractivity contribution in [3.05, 3.63) is 29.3 Å². The topological polar surface area (TPSA) is 49.4 Å². The van der Waals surface area contributed by atoms with Gasteiger partial charge in [-0.15, -0.1) is 0 Å². The Labute approximate surface area is 119 Å². The van der Waals surface area contributed by atoms with Gasteiger partial charge in [0.2, 0.25) is 5.91 Å². The third-order valence-electron chi connectivity index (χ3n) is 3.34. The molecule has 0 spiro atoms. The smallest absolute Gasteiger partial charge is 0.293 e. The summed E-state index contributed by atoms with van der Waals surface area (Å²) in [6.45, 7) is 3.65. The number of amides is 3. The third kappa shape index (κ3) is 3.17. The van der Waals surface area contributed by atoms with Gasteiger partial charge in [-0.25, -0.2) is 4.79 Å². The molecule has 0 unspecified atom stereocenters. The molecule has 1 aromatic rings. The number of benzene rings is 1. The lowest BCUT2D eigenvalue weighted by Crippen LogP contribution is -2.50. The molecular formula is C14H15F3N2O2. The van der Waals surface area contributed by atoms with Gasteiger partial charge in [0.15, 0.2) is 0 Å².